The molecule has 100 valence electrons. The molecule has 0 aliphatic heterocycles. The molecular formula is C14H16N2O2S. The molecule has 1 aromatic heterocycles. The maximum Gasteiger partial charge on any atom is 0.237 e. The van der Waals surface area contributed by atoms with Gasteiger partial charge in [0.05, 0.1) is 16.7 Å². The van der Waals surface area contributed by atoms with Gasteiger partial charge in [0.1, 0.15) is 5.76 Å². The molecule has 1 amide bonds. The van der Waals surface area contributed by atoms with E-state index in [0.29, 0.717) is 5.75 Å². The molecule has 0 aliphatic rings. The number of aromatic nitrogens is 1. The van der Waals surface area contributed by atoms with E-state index in [2.05, 4.69) is 10.5 Å². The number of carbonyl (C=O) groups is 1. The van der Waals surface area contributed by atoms with Crippen molar-refractivity contribution in [3.05, 3.63) is 47.9 Å². The number of hydrogen-bond donors (Lipinski definition) is 1. The standard InChI is InChI=1S/C14H16N2O2S/c1-10-8-13(18-16-10)9-19-11(2)14(17)15-12-6-4-3-5-7-12/h3-8,11H,9H2,1-2H3,(H,15,17). The Hall–Kier alpha value is -1.75. The molecule has 2 rings (SSSR count). The van der Waals surface area contributed by atoms with Crippen LogP contribution in [-0.4, -0.2) is 16.3 Å². The van der Waals surface area contributed by atoms with Crippen LogP contribution >= 0.6 is 11.8 Å². The summed E-state index contributed by atoms with van der Waals surface area (Å²) < 4.78 is 5.11. The van der Waals surface area contributed by atoms with Crippen molar-refractivity contribution in [3.8, 4) is 0 Å². The number of aryl methyl sites for hydroxylation is 1. The fourth-order valence-electron chi connectivity index (χ4n) is 1.53. The van der Waals surface area contributed by atoms with Crippen molar-refractivity contribution < 1.29 is 9.32 Å². The molecule has 1 heterocycles. The average Bonchev–Trinajstić information content (AvgIpc) is 2.83. The van der Waals surface area contributed by atoms with E-state index in [1.54, 1.807) is 0 Å². The fraction of sp³-hybridized carbons (Fsp3) is 0.286. The summed E-state index contributed by atoms with van der Waals surface area (Å²) in [4.78, 5) is 12.0. The van der Waals surface area contributed by atoms with Crippen LogP contribution in [0.4, 0.5) is 5.69 Å². The van der Waals surface area contributed by atoms with Crippen LogP contribution < -0.4 is 5.32 Å². The van der Waals surface area contributed by atoms with Crippen molar-refractivity contribution in [3.63, 3.8) is 0 Å². The Labute approximate surface area is 116 Å². The molecule has 19 heavy (non-hydrogen) atoms. The van der Waals surface area contributed by atoms with Crippen molar-refractivity contribution in [2.24, 2.45) is 0 Å². The maximum atomic E-state index is 12.0. The zero-order chi connectivity index (χ0) is 13.7. The molecule has 1 atom stereocenters. The van der Waals surface area contributed by atoms with E-state index in [9.17, 15) is 4.79 Å². The highest BCUT2D eigenvalue weighted by Crippen LogP contribution is 2.19. The quantitative estimate of drug-likeness (QED) is 0.910. The van der Waals surface area contributed by atoms with Crippen molar-refractivity contribution in [1.29, 1.82) is 0 Å². The molecule has 4 nitrogen and oxygen atoms in total. The van der Waals surface area contributed by atoms with Gasteiger partial charge < -0.3 is 9.84 Å². The van der Waals surface area contributed by atoms with Crippen molar-refractivity contribution in [2.45, 2.75) is 24.9 Å². The van der Waals surface area contributed by atoms with Gasteiger partial charge in [-0.2, -0.15) is 0 Å². The zero-order valence-corrected chi connectivity index (χ0v) is 11.7. The number of hydrogen-bond acceptors (Lipinski definition) is 4. The minimum atomic E-state index is -0.148. The molecule has 1 unspecified atom stereocenters. The lowest BCUT2D eigenvalue weighted by molar-refractivity contribution is -0.115. The molecule has 0 saturated carbocycles. The van der Waals surface area contributed by atoms with Gasteiger partial charge in [0.2, 0.25) is 5.91 Å². The van der Waals surface area contributed by atoms with Crippen LogP contribution in [0.5, 0.6) is 0 Å². The van der Waals surface area contributed by atoms with Gasteiger partial charge in [-0.05, 0) is 26.0 Å². The van der Waals surface area contributed by atoms with Gasteiger partial charge in [-0.25, -0.2) is 0 Å². The second-order valence-corrected chi connectivity index (χ2v) is 5.57. The fourth-order valence-corrected chi connectivity index (χ4v) is 2.29. The van der Waals surface area contributed by atoms with Crippen molar-refractivity contribution >= 4 is 23.4 Å². The SMILES string of the molecule is Cc1cc(CSC(C)C(=O)Nc2ccccc2)on1. The topological polar surface area (TPSA) is 55.1 Å². The van der Waals surface area contributed by atoms with Crippen LogP contribution in [0, 0.1) is 6.92 Å². The van der Waals surface area contributed by atoms with E-state index in [1.165, 1.54) is 11.8 Å². The van der Waals surface area contributed by atoms with Gasteiger partial charge >= 0.3 is 0 Å². The molecule has 0 saturated heterocycles. The summed E-state index contributed by atoms with van der Waals surface area (Å²) in [5, 5.41) is 6.55. The lowest BCUT2D eigenvalue weighted by Gasteiger charge is -2.10. The number of amides is 1. The number of nitrogens with zero attached hydrogens (tertiary/aromatic N) is 1. The van der Waals surface area contributed by atoms with Gasteiger partial charge in [0.15, 0.2) is 0 Å². The number of thioether (sulfide) groups is 1. The normalized spacial score (nSPS) is 12.1. The second kappa shape index (κ2) is 6.43. The lowest BCUT2D eigenvalue weighted by Crippen LogP contribution is -2.22. The number of anilines is 1. The van der Waals surface area contributed by atoms with E-state index in [0.717, 1.165) is 17.1 Å². The highest BCUT2D eigenvalue weighted by Gasteiger charge is 2.14. The predicted molar refractivity (Wildman–Crippen MR) is 77.1 cm³/mol. The van der Waals surface area contributed by atoms with Crippen molar-refractivity contribution in [2.75, 3.05) is 5.32 Å². The predicted octanol–water partition coefficient (Wildman–Crippen LogP) is 3.24. The summed E-state index contributed by atoms with van der Waals surface area (Å²) in [6, 6.07) is 11.3. The van der Waals surface area contributed by atoms with E-state index < -0.39 is 0 Å². The number of nitrogens with one attached hydrogen (secondary N) is 1. The molecule has 0 fully saturated rings. The molecule has 0 aliphatic carbocycles. The van der Waals surface area contributed by atoms with Gasteiger partial charge in [0, 0.05) is 11.8 Å². The first kappa shape index (κ1) is 13.7. The van der Waals surface area contributed by atoms with Crippen LogP contribution in [0.15, 0.2) is 40.9 Å². The molecule has 0 spiro atoms. The van der Waals surface area contributed by atoms with Gasteiger partial charge in [0.25, 0.3) is 0 Å². The first-order chi connectivity index (χ1) is 9.15. The monoisotopic (exact) mass is 276 g/mol. The van der Waals surface area contributed by atoms with Crippen LogP contribution in [-0.2, 0) is 10.5 Å². The summed E-state index contributed by atoms with van der Waals surface area (Å²) in [6.07, 6.45) is 0. The van der Waals surface area contributed by atoms with E-state index >= 15 is 0 Å². The first-order valence-electron chi connectivity index (χ1n) is 6.05. The summed E-state index contributed by atoms with van der Waals surface area (Å²) >= 11 is 1.52. The average molecular weight is 276 g/mol. The minimum Gasteiger partial charge on any atom is -0.360 e. The molecular weight excluding hydrogens is 260 g/mol. The molecule has 0 bridgehead atoms. The van der Waals surface area contributed by atoms with Crippen LogP contribution in [0.3, 0.4) is 0 Å². The number of benzene rings is 1. The third-order valence-electron chi connectivity index (χ3n) is 2.56. The Balaban J connectivity index is 1.82. The summed E-state index contributed by atoms with van der Waals surface area (Å²) in [5.74, 6) is 1.43. The summed E-state index contributed by atoms with van der Waals surface area (Å²) in [5.41, 5.74) is 1.67. The third-order valence-corrected chi connectivity index (χ3v) is 3.73. The Morgan fingerprint density at radius 3 is 2.79 bits per heavy atom. The van der Waals surface area contributed by atoms with Crippen LogP contribution in [0.25, 0.3) is 0 Å². The number of rotatable bonds is 5. The lowest BCUT2D eigenvalue weighted by atomic mass is 10.3. The Morgan fingerprint density at radius 2 is 2.16 bits per heavy atom. The Kier molecular flexibility index (Phi) is 4.63. The van der Waals surface area contributed by atoms with Gasteiger partial charge in [-0.1, -0.05) is 23.4 Å². The van der Waals surface area contributed by atoms with E-state index in [-0.39, 0.29) is 11.2 Å². The van der Waals surface area contributed by atoms with Gasteiger partial charge in [-0.15, -0.1) is 11.8 Å². The third kappa shape index (κ3) is 4.13. The molecule has 0 radical (unpaired) electrons. The molecule has 5 heteroatoms. The smallest absolute Gasteiger partial charge is 0.237 e. The molecule has 1 aromatic carbocycles. The first-order valence-corrected chi connectivity index (χ1v) is 7.10. The minimum absolute atomic E-state index is 0.00700. The van der Waals surface area contributed by atoms with Gasteiger partial charge in [-0.3, -0.25) is 4.79 Å². The number of para-hydroxylation sites is 1. The largest absolute Gasteiger partial charge is 0.360 e. The maximum absolute atomic E-state index is 12.0. The van der Waals surface area contributed by atoms with E-state index in [4.69, 9.17) is 4.52 Å². The van der Waals surface area contributed by atoms with Crippen LogP contribution in [0.1, 0.15) is 18.4 Å². The summed E-state index contributed by atoms with van der Waals surface area (Å²) in [6.45, 7) is 3.76. The van der Waals surface area contributed by atoms with Crippen LogP contribution in [0.2, 0.25) is 0 Å². The highest BCUT2D eigenvalue weighted by atomic mass is 32.2. The molecule has 2 aromatic rings. The Bertz CT molecular complexity index is 539. The highest BCUT2D eigenvalue weighted by molar-refractivity contribution is 7.99. The zero-order valence-electron chi connectivity index (χ0n) is 10.9. The second-order valence-electron chi connectivity index (χ2n) is 4.24. The molecule has 1 N–H and O–H groups in total. The number of carbonyl (C=O) groups excluding carboxylic acids is 1. The van der Waals surface area contributed by atoms with E-state index in [1.807, 2.05) is 50.2 Å². The Morgan fingerprint density at radius 1 is 1.42 bits per heavy atom. The van der Waals surface area contributed by atoms with Crippen molar-refractivity contribution in [1.82, 2.24) is 5.16 Å². The summed E-state index contributed by atoms with van der Waals surface area (Å²) in [7, 11) is 0.